The molecule has 0 unspecified atom stereocenters. The van der Waals surface area contributed by atoms with Crippen LogP contribution >= 0.6 is 11.3 Å². The van der Waals surface area contributed by atoms with Crippen molar-refractivity contribution in [2.45, 2.75) is 39.0 Å². The minimum Gasteiger partial charge on any atom is -0.239 e. The van der Waals surface area contributed by atoms with E-state index in [2.05, 4.69) is 45.0 Å². The van der Waals surface area contributed by atoms with Gasteiger partial charge in [0.1, 0.15) is 10.4 Å². The van der Waals surface area contributed by atoms with Crippen molar-refractivity contribution in [1.82, 2.24) is 4.98 Å². The van der Waals surface area contributed by atoms with E-state index in [-0.39, 0.29) is 5.41 Å². The zero-order chi connectivity index (χ0) is 13.6. The van der Waals surface area contributed by atoms with Gasteiger partial charge in [-0.3, -0.25) is 0 Å². The van der Waals surface area contributed by atoms with Crippen LogP contribution in [0.25, 0.3) is 11.3 Å². The molecule has 0 atom stereocenters. The van der Waals surface area contributed by atoms with Crippen molar-refractivity contribution in [1.29, 1.82) is 5.26 Å². The first kappa shape index (κ1) is 12.4. The van der Waals surface area contributed by atoms with E-state index in [1.165, 1.54) is 16.0 Å². The molecule has 2 nitrogen and oxygen atoms in total. The van der Waals surface area contributed by atoms with Crippen molar-refractivity contribution < 1.29 is 0 Å². The monoisotopic (exact) mass is 268 g/mol. The SMILES string of the molecule is Cc1ccc(-c2nc(C3(C#N)CC3)sc2C)cc1C. The molecule has 0 aliphatic heterocycles. The zero-order valence-electron chi connectivity index (χ0n) is 11.4. The van der Waals surface area contributed by atoms with Crippen LogP contribution in [0, 0.1) is 32.1 Å². The molecule has 1 fully saturated rings. The van der Waals surface area contributed by atoms with Gasteiger partial charge in [-0.15, -0.1) is 11.3 Å². The molecular weight excluding hydrogens is 252 g/mol. The molecule has 1 aromatic carbocycles. The van der Waals surface area contributed by atoms with Gasteiger partial charge in [0.25, 0.3) is 0 Å². The highest BCUT2D eigenvalue weighted by molar-refractivity contribution is 7.12. The van der Waals surface area contributed by atoms with E-state index in [4.69, 9.17) is 4.98 Å². The minimum absolute atomic E-state index is 0.270. The molecule has 1 saturated carbocycles. The van der Waals surface area contributed by atoms with Crippen LogP contribution in [-0.2, 0) is 5.41 Å². The van der Waals surface area contributed by atoms with Gasteiger partial charge in [0, 0.05) is 10.4 Å². The lowest BCUT2D eigenvalue weighted by molar-refractivity contribution is 0.891. The summed E-state index contributed by atoms with van der Waals surface area (Å²) in [4.78, 5) is 5.96. The highest BCUT2D eigenvalue weighted by atomic mass is 32.1. The molecule has 3 heteroatoms. The molecule has 0 bridgehead atoms. The smallest absolute Gasteiger partial charge is 0.114 e. The maximum absolute atomic E-state index is 9.28. The lowest BCUT2D eigenvalue weighted by Gasteiger charge is -2.04. The fourth-order valence-corrected chi connectivity index (χ4v) is 3.39. The molecule has 1 aliphatic rings. The first-order valence-corrected chi connectivity index (χ1v) is 7.34. The van der Waals surface area contributed by atoms with E-state index in [0.29, 0.717) is 0 Å². The lowest BCUT2D eigenvalue weighted by Crippen LogP contribution is -2.01. The van der Waals surface area contributed by atoms with Gasteiger partial charge in [-0.1, -0.05) is 12.1 Å². The summed E-state index contributed by atoms with van der Waals surface area (Å²) in [6.45, 7) is 6.34. The zero-order valence-corrected chi connectivity index (χ0v) is 12.3. The molecule has 2 aromatic rings. The third-order valence-electron chi connectivity index (χ3n) is 3.95. The van der Waals surface area contributed by atoms with Crippen molar-refractivity contribution in [2.24, 2.45) is 0 Å². The summed E-state index contributed by atoms with van der Waals surface area (Å²) in [5.74, 6) is 0. The van der Waals surface area contributed by atoms with Gasteiger partial charge in [0.2, 0.25) is 0 Å². The molecule has 1 heterocycles. The Balaban J connectivity index is 2.06. The van der Waals surface area contributed by atoms with Gasteiger partial charge >= 0.3 is 0 Å². The molecule has 3 rings (SSSR count). The van der Waals surface area contributed by atoms with Crippen LogP contribution in [0.3, 0.4) is 0 Å². The molecule has 0 amide bonds. The fourth-order valence-electron chi connectivity index (χ4n) is 2.26. The first-order valence-electron chi connectivity index (χ1n) is 6.52. The number of aryl methyl sites for hydroxylation is 3. The van der Waals surface area contributed by atoms with Crippen LogP contribution in [0.4, 0.5) is 0 Å². The second-order valence-electron chi connectivity index (χ2n) is 5.42. The van der Waals surface area contributed by atoms with Crippen LogP contribution in [0.2, 0.25) is 0 Å². The number of nitrogens with zero attached hydrogens (tertiary/aromatic N) is 2. The van der Waals surface area contributed by atoms with Crippen molar-refractivity contribution in [2.75, 3.05) is 0 Å². The van der Waals surface area contributed by atoms with Crippen LogP contribution in [0.1, 0.15) is 33.9 Å². The number of aromatic nitrogens is 1. The fraction of sp³-hybridized carbons (Fsp3) is 0.375. The van der Waals surface area contributed by atoms with Crippen LogP contribution in [0.15, 0.2) is 18.2 Å². The number of nitriles is 1. The molecule has 0 radical (unpaired) electrons. The normalized spacial score (nSPS) is 16.1. The van der Waals surface area contributed by atoms with E-state index in [9.17, 15) is 5.26 Å². The van der Waals surface area contributed by atoms with Crippen molar-refractivity contribution >= 4 is 11.3 Å². The Morgan fingerprint density at radius 1 is 1.21 bits per heavy atom. The molecule has 96 valence electrons. The number of rotatable bonds is 2. The van der Waals surface area contributed by atoms with Crippen molar-refractivity contribution in [3.63, 3.8) is 0 Å². The first-order chi connectivity index (χ1) is 9.05. The average Bonchev–Trinajstić information content (AvgIpc) is 3.10. The molecule has 1 aliphatic carbocycles. The summed E-state index contributed by atoms with van der Waals surface area (Å²) in [5.41, 5.74) is 4.52. The second-order valence-corrected chi connectivity index (χ2v) is 6.62. The lowest BCUT2D eigenvalue weighted by atomic mass is 10.0. The van der Waals surface area contributed by atoms with Crippen molar-refractivity contribution in [3.8, 4) is 17.3 Å². The Morgan fingerprint density at radius 2 is 1.95 bits per heavy atom. The van der Waals surface area contributed by atoms with Gasteiger partial charge in [-0.25, -0.2) is 4.98 Å². The van der Waals surface area contributed by atoms with E-state index in [0.717, 1.165) is 29.1 Å². The number of hydrogen-bond acceptors (Lipinski definition) is 3. The Hall–Kier alpha value is -1.66. The summed E-state index contributed by atoms with van der Waals surface area (Å²) in [5, 5.41) is 10.3. The summed E-state index contributed by atoms with van der Waals surface area (Å²) in [6, 6.07) is 8.88. The quantitative estimate of drug-likeness (QED) is 0.814. The minimum atomic E-state index is -0.270. The maximum atomic E-state index is 9.28. The van der Waals surface area contributed by atoms with Crippen LogP contribution in [0.5, 0.6) is 0 Å². The molecule has 19 heavy (non-hydrogen) atoms. The van der Waals surface area contributed by atoms with Gasteiger partial charge in [0.15, 0.2) is 0 Å². The highest BCUT2D eigenvalue weighted by Gasteiger charge is 2.48. The molecule has 1 aromatic heterocycles. The van der Waals surface area contributed by atoms with Gasteiger partial charge in [-0.2, -0.15) is 5.26 Å². The topological polar surface area (TPSA) is 36.7 Å². The third-order valence-corrected chi connectivity index (χ3v) is 5.13. The van der Waals surface area contributed by atoms with Gasteiger partial charge in [-0.05, 0) is 50.8 Å². The second kappa shape index (κ2) is 4.18. The average molecular weight is 268 g/mol. The Bertz CT molecular complexity index is 687. The van der Waals surface area contributed by atoms with Gasteiger partial charge in [0.05, 0.1) is 11.8 Å². The Labute approximate surface area is 117 Å². The predicted molar refractivity (Wildman–Crippen MR) is 78.3 cm³/mol. The summed E-state index contributed by atoms with van der Waals surface area (Å²) >= 11 is 1.68. The van der Waals surface area contributed by atoms with Crippen LogP contribution in [-0.4, -0.2) is 4.98 Å². The summed E-state index contributed by atoms with van der Waals surface area (Å²) in [6.07, 6.45) is 1.92. The predicted octanol–water partition coefficient (Wildman–Crippen LogP) is 4.29. The van der Waals surface area contributed by atoms with E-state index < -0.39 is 0 Å². The van der Waals surface area contributed by atoms with E-state index in [1.807, 2.05) is 0 Å². The molecular formula is C16H16N2S. The number of hydrogen-bond donors (Lipinski definition) is 0. The maximum Gasteiger partial charge on any atom is 0.114 e. The molecule has 0 saturated heterocycles. The third kappa shape index (κ3) is 1.97. The van der Waals surface area contributed by atoms with E-state index >= 15 is 0 Å². The van der Waals surface area contributed by atoms with E-state index in [1.54, 1.807) is 11.3 Å². The number of benzene rings is 1. The number of thiazole rings is 1. The summed E-state index contributed by atoms with van der Waals surface area (Å²) < 4.78 is 0. The molecule has 0 spiro atoms. The Kier molecular flexibility index (Phi) is 2.72. The van der Waals surface area contributed by atoms with Crippen LogP contribution < -0.4 is 0 Å². The van der Waals surface area contributed by atoms with Crippen molar-refractivity contribution in [3.05, 3.63) is 39.2 Å². The summed E-state index contributed by atoms with van der Waals surface area (Å²) in [7, 11) is 0. The standard InChI is InChI=1S/C16H16N2S/c1-10-4-5-13(8-11(10)2)14-12(3)19-15(18-14)16(9-17)6-7-16/h4-5,8H,6-7H2,1-3H3. The Morgan fingerprint density at radius 3 is 2.53 bits per heavy atom. The highest BCUT2D eigenvalue weighted by Crippen LogP contribution is 2.50. The van der Waals surface area contributed by atoms with Gasteiger partial charge < -0.3 is 0 Å². The molecule has 0 N–H and O–H groups in total. The largest absolute Gasteiger partial charge is 0.239 e.